The molecule has 0 bridgehead atoms. The number of thiazole rings is 1. The summed E-state index contributed by atoms with van der Waals surface area (Å²) < 4.78 is 7.18. The number of hydrogen-bond acceptors (Lipinski definition) is 3. The molecule has 0 spiro atoms. The Balaban J connectivity index is 2.53. The fourth-order valence-corrected chi connectivity index (χ4v) is 3.65. The minimum absolute atomic E-state index is 0.0152. The number of rotatable bonds is 2. The van der Waals surface area contributed by atoms with Crippen LogP contribution in [-0.4, -0.2) is 17.6 Å². The Morgan fingerprint density at radius 2 is 2.00 bits per heavy atom. The smallest absolute Gasteiger partial charge is 0.283 e. The molecule has 1 aromatic heterocycles. The first kappa shape index (κ1) is 17.8. The summed E-state index contributed by atoms with van der Waals surface area (Å²) in [7, 11) is 3.43. The zero-order valence-corrected chi connectivity index (χ0v) is 15.8. The van der Waals surface area contributed by atoms with Crippen molar-refractivity contribution in [2.75, 3.05) is 7.11 Å². The molecule has 0 unspecified atom stereocenters. The van der Waals surface area contributed by atoms with Gasteiger partial charge in [0, 0.05) is 22.6 Å². The quantitative estimate of drug-likeness (QED) is 0.816. The van der Waals surface area contributed by atoms with Crippen molar-refractivity contribution < 1.29 is 9.53 Å². The predicted octanol–water partition coefficient (Wildman–Crippen LogP) is 4.10. The lowest BCUT2D eigenvalue weighted by Gasteiger charge is -2.17. The summed E-state index contributed by atoms with van der Waals surface area (Å²) in [6.07, 6.45) is 0. The number of carbonyl (C=O) groups is 1. The van der Waals surface area contributed by atoms with E-state index in [0.29, 0.717) is 21.1 Å². The molecular formula is C17H21ClN2O2S. The molecule has 0 fully saturated rings. The van der Waals surface area contributed by atoms with Gasteiger partial charge in [0.2, 0.25) is 0 Å². The highest BCUT2D eigenvalue weighted by atomic mass is 35.5. The Kier molecular flexibility index (Phi) is 5.01. The van der Waals surface area contributed by atoms with Crippen molar-refractivity contribution in [3.63, 3.8) is 0 Å². The fraction of sp³-hybridized carbons (Fsp3) is 0.412. The molecule has 6 heteroatoms. The summed E-state index contributed by atoms with van der Waals surface area (Å²) in [5, 5.41) is 0.519. The zero-order chi connectivity index (χ0) is 17.4. The van der Waals surface area contributed by atoms with E-state index in [-0.39, 0.29) is 11.3 Å². The van der Waals surface area contributed by atoms with E-state index in [2.05, 4.69) is 25.8 Å². The monoisotopic (exact) mass is 352 g/mol. The van der Waals surface area contributed by atoms with Gasteiger partial charge in [0.05, 0.1) is 12.7 Å². The molecule has 4 nitrogen and oxygen atoms in total. The van der Waals surface area contributed by atoms with Crippen molar-refractivity contribution >= 4 is 28.8 Å². The molecule has 0 aliphatic heterocycles. The van der Waals surface area contributed by atoms with Crippen molar-refractivity contribution in [2.45, 2.75) is 33.1 Å². The van der Waals surface area contributed by atoms with E-state index in [1.165, 1.54) is 12.0 Å². The van der Waals surface area contributed by atoms with E-state index in [9.17, 15) is 4.79 Å². The Morgan fingerprint density at radius 3 is 2.52 bits per heavy atom. The van der Waals surface area contributed by atoms with Gasteiger partial charge in [0.15, 0.2) is 4.80 Å². The van der Waals surface area contributed by atoms with Gasteiger partial charge in [-0.05, 0) is 30.5 Å². The first-order chi connectivity index (χ1) is 10.6. The maximum atomic E-state index is 12.5. The van der Waals surface area contributed by atoms with Crippen LogP contribution in [0.15, 0.2) is 23.2 Å². The number of benzene rings is 1. The van der Waals surface area contributed by atoms with Gasteiger partial charge < -0.3 is 9.30 Å². The fourth-order valence-electron chi connectivity index (χ4n) is 2.31. The normalized spacial score (nSPS) is 12.6. The second-order valence-corrected chi connectivity index (χ2v) is 7.78. The number of aromatic nitrogens is 1. The Morgan fingerprint density at radius 1 is 1.35 bits per heavy atom. The molecule has 2 aromatic rings. The van der Waals surface area contributed by atoms with E-state index in [0.717, 1.165) is 5.69 Å². The maximum Gasteiger partial charge on any atom is 0.283 e. The van der Waals surface area contributed by atoms with Crippen LogP contribution in [-0.2, 0) is 12.5 Å². The average Bonchev–Trinajstić information content (AvgIpc) is 2.75. The molecule has 0 aliphatic carbocycles. The second kappa shape index (κ2) is 6.49. The van der Waals surface area contributed by atoms with Crippen LogP contribution in [0.1, 0.15) is 41.7 Å². The van der Waals surface area contributed by atoms with Gasteiger partial charge in [-0.25, -0.2) is 0 Å². The molecule has 124 valence electrons. The third kappa shape index (κ3) is 3.67. The molecule has 1 heterocycles. The first-order valence-corrected chi connectivity index (χ1v) is 8.44. The van der Waals surface area contributed by atoms with Crippen molar-refractivity contribution in [3.05, 3.63) is 44.2 Å². The molecule has 0 atom stereocenters. The molecule has 1 aromatic carbocycles. The molecule has 0 radical (unpaired) electrons. The molecule has 0 N–H and O–H groups in total. The van der Waals surface area contributed by atoms with Crippen LogP contribution in [0.5, 0.6) is 5.75 Å². The highest BCUT2D eigenvalue weighted by Crippen LogP contribution is 2.28. The van der Waals surface area contributed by atoms with Crippen molar-refractivity contribution in [3.8, 4) is 5.75 Å². The van der Waals surface area contributed by atoms with Crippen LogP contribution in [0.3, 0.4) is 0 Å². The average molecular weight is 353 g/mol. The molecule has 1 amide bonds. The van der Waals surface area contributed by atoms with E-state index >= 15 is 0 Å². The van der Waals surface area contributed by atoms with Crippen LogP contribution in [0.4, 0.5) is 0 Å². The molecule has 0 saturated carbocycles. The molecular weight excluding hydrogens is 332 g/mol. The largest absolute Gasteiger partial charge is 0.496 e. The van der Waals surface area contributed by atoms with E-state index in [4.69, 9.17) is 16.3 Å². The highest BCUT2D eigenvalue weighted by molar-refractivity contribution is 7.09. The van der Waals surface area contributed by atoms with Gasteiger partial charge in [-0.1, -0.05) is 32.4 Å². The Hall–Kier alpha value is -1.59. The van der Waals surface area contributed by atoms with Crippen molar-refractivity contribution in [1.82, 2.24) is 4.57 Å². The van der Waals surface area contributed by atoms with Crippen molar-refractivity contribution in [2.24, 2.45) is 12.0 Å². The number of amides is 1. The van der Waals surface area contributed by atoms with Crippen molar-refractivity contribution in [1.29, 1.82) is 0 Å². The highest BCUT2D eigenvalue weighted by Gasteiger charge is 2.21. The lowest BCUT2D eigenvalue weighted by Crippen LogP contribution is -2.15. The summed E-state index contributed by atoms with van der Waals surface area (Å²) >= 11 is 7.48. The lowest BCUT2D eigenvalue weighted by molar-refractivity contribution is 0.0995. The van der Waals surface area contributed by atoms with Crippen LogP contribution in [0, 0.1) is 6.92 Å². The molecule has 2 rings (SSSR count). The van der Waals surface area contributed by atoms with Crippen LogP contribution in [0.2, 0.25) is 5.02 Å². The summed E-state index contributed by atoms with van der Waals surface area (Å²) in [5.41, 5.74) is 1.54. The Bertz CT molecular complexity index is 813. The van der Waals surface area contributed by atoms with Crippen LogP contribution >= 0.6 is 22.9 Å². The molecule has 0 saturated heterocycles. The van der Waals surface area contributed by atoms with E-state index < -0.39 is 0 Å². The number of methoxy groups -OCH3 is 1. The molecule has 23 heavy (non-hydrogen) atoms. The van der Waals surface area contributed by atoms with Gasteiger partial charge in [-0.15, -0.1) is 11.3 Å². The second-order valence-electron chi connectivity index (χ2n) is 6.37. The number of ether oxygens (including phenoxy) is 1. The number of halogens is 1. The zero-order valence-electron chi connectivity index (χ0n) is 14.2. The third-order valence-electron chi connectivity index (χ3n) is 3.58. The summed E-state index contributed by atoms with van der Waals surface area (Å²) in [5.74, 6) is 0.0917. The van der Waals surface area contributed by atoms with E-state index in [1.807, 2.05) is 18.5 Å². The summed E-state index contributed by atoms with van der Waals surface area (Å²) in [6, 6.07) is 4.91. The number of hydrogen-bond donors (Lipinski definition) is 0. The topological polar surface area (TPSA) is 43.6 Å². The lowest BCUT2D eigenvalue weighted by atomic mass is 9.93. The standard InChI is InChI=1S/C17H21ClN2O2S/c1-10-14(17(2,3)4)23-16(20(10)5)19-15(21)12-8-7-11(18)9-13(12)22-6/h7-9H,1-6H3. The van der Waals surface area contributed by atoms with Gasteiger partial charge in [-0.3, -0.25) is 4.79 Å². The SMILES string of the molecule is COc1cc(Cl)ccc1C(=O)N=c1sc(C(C)(C)C)c(C)n1C. The minimum Gasteiger partial charge on any atom is -0.496 e. The van der Waals surface area contributed by atoms with Gasteiger partial charge in [0.25, 0.3) is 5.91 Å². The summed E-state index contributed by atoms with van der Waals surface area (Å²) in [4.78, 5) is 18.7. The summed E-state index contributed by atoms with van der Waals surface area (Å²) in [6.45, 7) is 8.50. The molecule has 0 aliphatic rings. The van der Waals surface area contributed by atoms with Gasteiger partial charge in [0.1, 0.15) is 5.75 Å². The predicted molar refractivity (Wildman–Crippen MR) is 94.6 cm³/mol. The maximum absolute atomic E-state index is 12.5. The van der Waals surface area contributed by atoms with Crippen LogP contribution in [0.25, 0.3) is 0 Å². The minimum atomic E-state index is -0.337. The van der Waals surface area contributed by atoms with Gasteiger partial charge >= 0.3 is 0 Å². The number of carbonyl (C=O) groups excluding carboxylic acids is 1. The van der Waals surface area contributed by atoms with Crippen LogP contribution < -0.4 is 9.54 Å². The van der Waals surface area contributed by atoms with Gasteiger partial charge in [-0.2, -0.15) is 4.99 Å². The Labute approximate surface area is 145 Å². The number of nitrogens with zero attached hydrogens (tertiary/aromatic N) is 2. The first-order valence-electron chi connectivity index (χ1n) is 7.24. The van der Waals surface area contributed by atoms with E-state index in [1.54, 1.807) is 29.5 Å². The third-order valence-corrected chi connectivity index (χ3v) is 5.48.